The molecule has 1 aromatic rings. The summed E-state index contributed by atoms with van der Waals surface area (Å²) in [4.78, 5) is 37.9. The Kier molecular flexibility index (Phi) is 14.6. The average molecular weight is 798 g/mol. The fraction of sp³-hybridized carbons (Fsp3) is 0.225. The van der Waals surface area contributed by atoms with E-state index in [1.165, 1.54) is 0 Å². The van der Waals surface area contributed by atoms with Crippen molar-refractivity contribution in [2.45, 2.75) is 59.0 Å². The van der Waals surface area contributed by atoms with Gasteiger partial charge in [-0.3, -0.25) is 5.43 Å². The fourth-order valence-electron chi connectivity index (χ4n) is 6.62. The van der Waals surface area contributed by atoms with E-state index in [4.69, 9.17) is 38.2 Å². The van der Waals surface area contributed by atoms with Crippen LogP contribution in [0.1, 0.15) is 53.4 Å². The number of allylic oxidation sites excluding steroid dienone is 11. The van der Waals surface area contributed by atoms with Crippen LogP contribution >= 0.6 is 23.2 Å². The number of aliphatic carboxylic acids is 2. The zero-order valence-corrected chi connectivity index (χ0v) is 37.0. The van der Waals surface area contributed by atoms with Gasteiger partial charge in [0.05, 0.1) is 50.6 Å². The maximum Gasteiger partial charge on any atom is 1.00 e. The Bertz CT molecular complexity index is 2270. The van der Waals surface area contributed by atoms with E-state index < -0.39 is 17.5 Å². The van der Waals surface area contributed by atoms with Crippen LogP contribution in [0.2, 0.25) is 10.0 Å². The summed E-state index contributed by atoms with van der Waals surface area (Å²) in [5.41, 5.74) is 14.4. The molecule has 1 unspecified atom stereocenters. The van der Waals surface area contributed by atoms with Crippen molar-refractivity contribution in [2.24, 2.45) is 15.0 Å². The number of nitrogens with zero attached hydrogens (tertiary/aromatic N) is 3. The van der Waals surface area contributed by atoms with E-state index in [1.807, 2.05) is 26.8 Å². The van der Waals surface area contributed by atoms with Crippen molar-refractivity contribution < 1.29 is 84.0 Å². The molecule has 5 aliphatic heterocycles. The number of anilines is 1. The molecule has 11 nitrogen and oxygen atoms in total. The van der Waals surface area contributed by atoms with Crippen LogP contribution in [0.4, 0.5) is 5.69 Å². The third-order valence-electron chi connectivity index (χ3n) is 9.63. The van der Waals surface area contributed by atoms with Crippen molar-refractivity contribution in [1.29, 1.82) is 0 Å². The van der Waals surface area contributed by atoms with Gasteiger partial charge in [0.15, 0.2) is 0 Å². The molecule has 55 heavy (non-hydrogen) atoms. The standard InChI is InChI=1S/C40H38Cl2N6O5.2Na/c1-6-24-20(2)30-16-31-21(3)25(8-11-38(49)50)33(44-31)18-34-26(9-12-39(51)52)22(4)32(45-34)17-36-27(40(5,53)37(47-36)19-35(24)46-30)13-14-43-48-29-10-7-23(41)15-28(29)42;;/h6-7,10,13-19,43,47-48,53H,1,8-9,11-12H2,2-5H3,(H,49,50)(H,51,52);;/q;2*+1/p-2. The van der Waals surface area contributed by atoms with Gasteiger partial charge in [0.2, 0.25) is 0 Å². The maximum atomic E-state index is 12.1. The van der Waals surface area contributed by atoms with Gasteiger partial charge in [-0.2, -0.15) is 0 Å². The summed E-state index contributed by atoms with van der Waals surface area (Å²) < 4.78 is 0. The summed E-state index contributed by atoms with van der Waals surface area (Å²) in [5.74, 6) is -2.39. The number of fused-ring (bicyclic) bond motifs is 5. The molecule has 272 valence electrons. The number of hydrogen-bond donors (Lipinski definition) is 4. The number of benzene rings is 1. The number of nitrogens with one attached hydrogen (secondary N) is 3. The predicted octanol–water partition coefficient (Wildman–Crippen LogP) is -0.851. The quantitative estimate of drug-likeness (QED) is 0.166. The van der Waals surface area contributed by atoms with E-state index in [-0.39, 0.29) is 84.8 Å². The van der Waals surface area contributed by atoms with E-state index >= 15 is 0 Å². The molecular weight excluding hydrogens is 761 g/mol. The normalized spacial score (nSPS) is 20.2. The summed E-state index contributed by atoms with van der Waals surface area (Å²) in [6.45, 7) is 11.3. The van der Waals surface area contributed by atoms with E-state index in [1.54, 1.807) is 61.7 Å². The molecule has 0 saturated carbocycles. The molecule has 8 bridgehead atoms. The Morgan fingerprint density at radius 2 is 1.49 bits per heavy atom. The topological polar surface area (TPSA) is 174 Å². The number of carbonyl (C=O) groups excluding carboxylic acids is 2. The number of carboxylic acids is 2. The van der Waals surface area contributed by atoms with Gasteiger partial charge in [-0.25, -0.2) is 15.0 Å². The molecule has 1 aromatic carbocycles. The van der Waals surface area contributed by atoms with E-state index in [2.05, 4.69) is 22.7 Å². The van der Waals surface area contributed by atoms with Crippen molar-refractivity contribution >= 4 is 58.0 Å². The molecule has 6 rings (SSSR count). The number of aliphatic hydroxyl groups is 1. The minimum Gasteiger partial charge on any atom is -0.550 e. The van der Waals surface area contributed by atoms with Crippen LogP contribution in [0.15, 0.2) is 150 Å². The van der Waals surface area contributed by atoms with Gasteiger partial charge in [-0.1, -0.05) is 35.9 Å². The van der Waals surface area contributed by atoms with Crippen molar-refractivity contribution in [3.8, 4) is 0 Å². The van der Waals surface area contributed by atoms with Crippen molar-refractivity contribution in [1.82, 2.24) is 10.7 Å². The number of carbonyl (C=O) groups is 2. The minimum absolute atomic E-state index is 0. The number of rotatable bonds is 11. The van der Waals surface area contributed by atoms with Gasteiger partial charge in [0.25, 0.3) is 0 Å². The molecule has 1 atom stereocenters. The zero-order valence-electron chi connectivity index (χ0n) is 31.5. The molecule has 5 aliphatic rings. The van der Waals surface area contributed by atoms with Gasteiger partial charge in [0, 0.05) is 40.0 Å². The van der Waals surface area contributed by atoms with Crippen LogP contribution in [-0.2, 0) is 9.59 Å². The van der Waals surface area contributed by atoms with Crippen LogP contribution in [0.3, 0.4) is 0 Å². The van der Waals surface area contributed by atoms with Crippen LogP contribution in [-0.4, -0.2) is 39.8 Å². The van der Waals surface area contributed by atoms with Gasteiger partial charge in [0.1, 0.15) is 5.60 Å². The SMILES string of the molecule is C=CC1=C(C)C2=CC3=NC(=CC4=NC(=CC5=C(C=CNNc6ccc(Cl)cc6Cl)C(C)(O)C(=CC1=N2)N5)C(C)=C4CCC(=O)[O-])C(CCC(=O)[O-])=C3C.[Na+].[Na+]. The van der Waals surface area contributed by atoms with Gasteiger partial charge < -0.3 is 35.7 Å². The van der Waals surface area contributed by atoms with Crippen LogP contribution in [0, 0.1) is 0 Å². The van der Waals surface area contributed by atoms with Gasteiger partial charge in [-0.15, -0.1) is 0 Å². The molecule has 0 radical (unpaired) electrons. The van der Waals surface area contributed by atoms with Crippen molar-refractivity contribution in [2.75, 3.05) is 5.43 Å². The van der Waals surface area contributed by atoms with Crippen molar-refractivity contribution in [3.05, 3.63) is 145 Å². The third kappa shape index (κ3) is 9.39. The summed E-state index contributed by atoms with van der Waals surface area (Å²) in [7, 11) is 0. The number of halogens is 2. The molecular formula is C40H36Cl2N6Na2O5. The Labute approximate surface area is 373 Å². The number of aliphatic imine (C=N–C) groups is 3. The molecule has 4 N–H and O–H groups in total. The van der Waals surface area contributed by atoms with Gasteiger partial charge >= 0.3 is 59.1 Å². The average Bonchev–Trinajstić information content (AvgIpc) is 3.73. The van der Waals surface area contributed by atoms with Crippen LogP contribution < -0.4 is 85.5 Å². The zero-order chi connectivity index (χ0) is 38.2. The first kappa shape index (κ1) is 44.2. The molecule has 0 aromatic heterocycles. The Morgan fingerprint density at radius 3 is 2.15 bits per heavy atom. The molecule has 0 spiro atoms. The van der Waals surface area contributed by atoms with Crippen LogP contribution in [0.5, 0.6) is 0 Å². The maximum absolute atomic E-state index is 12.1. The van der Waals surface area contributed by atoms with E-state index in [0.29, 0.717) is 78.1 Å². The summed E-state index contributed by atoms with van der Waals surface area (Å²) in [6, 6.07) is 5.04. The third-order valence-corrected chi connectivity index (χ3v) is 10.2. The van der Waals surface area contributed by atoms with Gasteiger partial charge in [-0.05, 0) is 130 Å². The summed E-state index contributed by atoms with van der Waals surface area (Å²) >= 11 is 12.4. The smallest absolute Gasteiger partial charge is 0.550 e. The predicted molar refractivity (Wildman–Crippen MR) is 205 cm³/mol. The largest absolute Gasteiger partial charge is 1.00 e. The first-order valence-corrected chi connectivity index (χ1v) is 17.6. The first-order chi connectivity index (χ1) is 25.2. The van der Waals surface area contributed by atoms with Crippen molar-refractivity contribution in [3.63, 3.8) is 0 Å². The number of carboxylic acid groups (broad SMARTS) is 2. The molecule has 0 amide bonds. The second-order valence-corrected chi connectivity index (χ2v) is 13.9. The number of hydrazine groups is 1. The Balaban J connectivity index is 0.00000336. The molecule has 15 heteroatoms. The second kappa shape index (κ2) is 18.2. The minimum atomic E-state index is -1.54. The Hall–Kier alpha value is -3.49. The summed E-state index contributed by atoms with van der Waals surface area (Å²) in [5, 5.41) is 39.6. The number of hydrogen-bond acceptors (Lipinski definition) is 11. The molecule has 0 aliphatic carbocycles. The monoisotopic (exact) mass is 796 g/mol. The fourth-order valence-corrected chi connectivity index (χ4v) is 7.08. The molecule has 5 heterocycles. The Morgan fingerprint density at radius 1 is 0.873 bits per heavy atom. The first-order valence-electron chi connectivity index (χ1n) is 16.8. The van der Waals surface area contributed by atoms with E-state index in [0.717, 1.165) is 22.3 Å². The molecule has 0 saturated heterocycles. The second-order valence-electron chi connectivity index (χ2n) is 13.1. The summed E-state index contributed by atoms with van der Waals surface area (Å²) in [6.07, 6.45) is 12.1. The molecule has 0 fully saturated rings. The van der Waals surface area contributed by atoms with Crippen LogP contribution in [0.25, 0.3) is 0 Å². The van der Waals surface area contributed by atoms with E-state index in [9.17, 15) is 24.9 Å².